The Labute approximate surface area is 123 Å². The topological polar surface area (TPSA) is 49.4 Å². The average molecular weight is 292 g/mol. The maximum Gasteiger partial charge on any atom is 0.282 e. The highest BCUT2D eigenvalue weighted by Crippen LogP contribution is 2.17. The summed E-state index contributed by atoms with van der Waals surface area (Å²) in [7, 11) is 0. The number of nitrogens with one attached hydrogen (secondary N) is 1. The second-order valence-electron chi connectivity index (χ2n) is 4.92. The second kappa shape index (κ2) is 6.79. The van der Waals surface area contributed by atoms with Crippen LogP contribution in [0.4, 0.5) is 4.79 Å². The summed E-state index contributed by atoms with van der Waals surface area (Å²) in [5, 5.41) is 2.94. The van der Waals surface area contributed by atoms with Gasteiger partial charge in [-0.1, -0.05) is 43.0 Å². The summed E-state index contributed by atoms with van der Waals surface area (Å²) in [6.45, 7) is 4.89. The molecule has 4 nitrogen and oxygen atoms in total. The molecular weight excluding hydrogens is 272 g/mol. The molecule has 0 bridgehead atoms. The van der Waals surface area contributed by atoms with Gasteiger partial charge < -0.3 is 10.2 Å². The first-order valence-electron chi connectivity index (χ1n) is 6.90. The first kappa shape index (κ1) is 14.9. The van der Waals surface area contributed by atoms with Gasteiger partial charge >= 0.3 is 0 Å². The quantitative estimate of drug-likeness (QED) is 0.907. The van der Waals surface area contributed by atoms with Crippen LogP contribution in [0.15, 0.2) is 24.3 Å². The van der Waals surface area contributed by atoms with Crippen molar-refractivity contribution in [1.29, 1.82) is 0 Å². The number of carbonyl (C=O) groups excluding carboxylic acids is 2. The summed E-state index contributed by atoms with van der Waals surface area (Å²) < 4.78 is 0. The lowest BCUT2D eigenvalue weighted by Crippen LogP contribution is -2.38. The number of benzene rings is 1. The van der Waals surface area contributed by atoms with Crippen molar-refractivity contribution in [3.63, 3.8) is 0 Å². The van der Waals surface area contributed by atoms with E-state index in [9.17, 15) is 9.59 Å². The largest absolute Gasteiger partial charge is 0.348 e. The Hall–Kier alpha value is -1.49. The Kier molecular flexibility index (Phi) is 5.06. The van der Waals surface area contributed by atoms with E-state index in [1.807, 2.05) is 19.1 Å². The standard InChI is InChI=1S/C15H20N2O2S/c1-3-12-4-6-13(7-5-12)11(2)16-14(18)10-17-8-9-20-15(17)19/h4-7,11H,3,8-10H2,1-2H3,(H,16,18)/t11-/m1/s1. The van der Waals surface area contributed by atoms with Crippen molar-refractivity contribution < 1.29 is 9.59 Å². The van der Waals surface area contributed by atoms with Gasteiger partial charge in [0.05, 0.1) is 6.04 Å². The van der Waals surface area contributed by atoms with E-state index < -0.39 is 0 Å². The molecule has 1 aliphatic rings. The third kappa shape index (κ3) is 3.76. The molecule has 1 saturated heterocycles. The lowest BCUT2D eigenvalue weighted by Gasteiger charge is -2.18. The zero-order valence-corrected chi connectivity index (χ0v) is 12.7. The molecule has 1 heterocycles. The monoisotopic (exact) mass is 292 g/mol. The van der Waals surface area contributed by atoms with Gasteiger partial charge in [-0.3, -0.25) is 9.59 Å². The van der Waals surface area contributed by atoms with Crippen molar-refractivity contribution in [3.05, 3.63) is 35.4 Å². The Morgan fingerprint density at radius 2 is 2.10 bits per heavy atom. The van der Waals surface area contributed by atoms with E-state index in [0.29, 0.717) is 6.54 Å². The van der Waals surface area contributed by atoms with E-state index >= 15 is 0 Å². The van der Waals surface area contributed by atoms with E-state index in [-0.39, 0.29) is 23.7 Å². The minimum Gasteiger partial charge on any atom is -0.348 e. The van der Waals surface area contributed by atoms with E-state index in [0.717, 1.165) is 17.7 Å². The molecule has 1 aliphatic heterocycles. The third-order valence-corrected chi connectivity index (χ3v) is 4.34. The average Bonchev–Trinajstić information content (AvgIpc) is 2.84. The van der Waals surface area contributed by atoms with Crippen molar-refractivity contribution in [2.24, 2.45) is 0 Å². The third-order valence-electron chi connectivity index (χ3n) is 3.44. The highest BCUT2D eigenvalue weighted by atomic mass is 32.2. The van der Waals surface area contributed by atoms with Gasteiger partial charge in [-0.25, -0.2) is 0 Å². The van der Waals surface area contributed by atoms with Crippen LogP contribution in [-0.2, 0) is 11.2 Å². The zero-order valence-electron chi connectivity index (χ0n) is 11.9. The van der Waals surface area contributed by atoms with Crippen LogP contribution in [0, 0.1) is 0 Å². The fraction of sp³-hybridized carbons (Fsp3) is 0.467. The van der Waals surface area contributed by atoms with Gasteiger partial charge in [0, 0.05) is 12.3 Å². The number of hydrogen-bond acceptors (Lipinski definition) is 3. The number of aryl methyl sites for hydroxylation is 1. The molecule has 0 unspecified atom stereocenters. The maximum atomic E-state index is 11.9. The summed E-state index contributed by atoms with van der Waals surface area (Å²) in [4.78, 5) is 25.0. The number of amides is 2. The lowest BCUT2D eigenvalue weighted by molar-refractivity contribution is -0.122. The van der Waals surface area contributed by atoms with Crippen molar-refractivity contribution in [3.8, 4) is 0 Å². The minimum absolute atomic E-state index is 0.0000942. The summed E-state index contributed by atoms with van der Waals surface area (Å²) in [5.74, 6) is 0.674. The smallest absolute Gasteiger partial charge is 0.282 e. The van der Waals surface area contributed by atoms with Crippen LogP contribution >= 0.6 is 11.8 Å². The van der Waals surface area contributed by atoms with E-state index in [4.69, 9.17) is 0 Å². The molecule has 0 aliphatic carbocycles. The number of thioether (sulfide) groups is 1. The number of hydrogen-bond donors (Lipinski definition) is 1. The first-order valence-corrected chi connectivity index (χ1v) is 7.88. The molecule has 1 aromatic rings. The SMILES string of the molecule is CCc1ccc([C@@H](C)NC(=O)CN2CCSC2=O)cc1. The Bertz CT molecular complexity index is 487. The zero-order chi connectivity index (χ0) is 14.5. The Balaban J connectivity index is 1.87. The first-order chi connectivity index (χ1) is 9.60. The highest BCUT2D eigenvalue weighted by molar-refractivity contribution is 8.13. The lowest BCUT2D eigenvalue weighted by atomic mass is 10.1. The highest BCUT2D eigenvalue weighted by Gasteiger charge is 2.23. The molecule has 1 atom stereocenters. The molecule has 108 valence electrons. The molecule has 0 radical (unpaired) electrons. The molecule has 1 N–H and O–H groups in total. The summed E-state index contributed by atoms with van der Waals surface area (Å²) >= 11 is 1.27. The molecule has 5 heteroatoms. The molecular formula is C15H20N2O2S. The molecule has 1 aromatic carbocycles. The molecule has 2 amide bonds. The van der Waals surface area contributed by atoms with E-state index in [1.54, 1.807) is 4.90 Å². The van der Waals surface area contributed by atoms with Crippen LogP contribution in [0.5, 0.6) is 0 Å². The fourth-order valence-corrected chi connectivity index (χ4v) is 2.98. The fourth-order valence-electron chi connectivity index (χ4n) is 2.16. The van der Waals surface area contributed by atoms with Crippen LogP contribution < -0.4 is 5.32 Å². The van der Waals surface area contributed by atoms with Gasteiger partial charge in [0.1, 0.15) is 6.54 Å². The molecule has 2 rings (SSSR count). The van der Waals surface area contributed by atoms with Crippen LogP contribution in [-0.4, -0.2) is 34.9 Å². The number of nitrogens with zero attached hydrogens (tertiary/aromatic N) is 1. The van der Waals surface area contributed by atoms with Crippen LogP contribution in [0.1, 0.15) is 31.0 Å². The van der Waals surface area contributed by atoms with Gasteiger partial charge in [0.25, 0.3) is 5.24 Å². The number of rotatable bonds is 5. The van der Waals surface area contributed by atoms with Crippen molar-refractivity contribution >= 4 is 22.9 Å². The van der Waals surface area contributed by atoms with Crippen LogP contribution in [0.3, 0.4) is 0 Å². The Morgan fingerprint density at radius 1 is 1.40 bits per heavy atom. The van der Waals surface area contributed by atoms with Gasteiger partial charge in [-0.15, -0.1) is 0 Å². The van der Waals surface area contributed by atoms with Crippen LogP contribution in [0.2, 0.25) is 0 Å². The molecule has 20 heavy (non-hydrogen) atoms. The van der Waals surface area contributed by atoms with Gasteiger partial charge in [-0.05, 0) is 24.5 Å². The predicted octanol–water partition coefficient (Wildman–Crippen LogP) is 2.60. The molecule has 0 aromatic heterocycles. The van der Waals surface area contributed by atoms with Crippen molar-refractivity contribution in [1.82, 2.24) is 10.2 Å². The van der Waals surface area contributed by atoms with E-state index in [2.05, 4.69) is 24.4 Å². The van der Waals surface area contributed by atoms with E-state index in [1.165, 1.54) is 17.3 Å². The predicted molar refractivity (Wildman–Crippen MR) is 81.8 cm³/mol. The normalized spacial score (nSPS) is 16.3. The summed E-state index contributed by atoms with van der Waals surface area (Å²) in [6.07, 6.45) is 1.01. The van der Waals surface area contributed by atoms with Crippen molar-refractivity contribution in [2.45, 2.75) is 26.3 Å². The van der Waals surface area contributed by atoms with Crippen LogP contribution in [0.25, 0.3) is 0 Å². The second-order valence-corrected chi connectivity index (χ2v) is 5.97. The van der Waals surface area contributed by atoms with Gasteiger partial charge in [-0.2, -0.15) is 0 Å². The van der Waals surface area contributed by atoms with Crippen molar-refractivity contribution in [2.75, 3.05) is 18.8 Å². The Morgan fingerprint density at radius 3 is 2.65 bits per heavy atom. The maximum absolute atomic E-state index is 11.9. The minimum atomic E-state index is -0.104. The molecule has 0 saturated carbocycles. The number of carbonyl (C=O) groups is 2. The summed E-state index contributed by atoms with van der Waals surface area (Å²) in [6, 6.07) is 8.21. The van der Waals surface area contributed by atoms with Gasteiger partial charge in [0.2, 0.25) is 5.91 Å². The molecule has 0 spiro atoms. The summed E-state index contributed by atoms with van der Waals surface area (Å²) in [5.41, 5.74) is 2.37. The van der Waals surface area contributed by atoms with Gasteiger partial charge in [0.15, 0.2) is 0 Å². The molecule has 1 fully saturated rings.